The van der Waals surface area contributed by atoms with E-state index < -0.39 is 6.10 Å². The second-order valence-corrected chi connectivity index (χ2v) is 8.13. The minimum atomic E-state index is -0.507. The largest absolute Gasteiger partial charge is 0.494 e. The highest BCUT2D eigenvalue weighted by molar-refractivity contribution is 5.38. The summed E-state index contributed by atoms with van der Waals surface area (Å²) in [5, 5.41) is 10.3. The number of hydrogen-bond acceptors (Lipinski definition) is 2. The molecule has 1 unspecified atom stereocenters. The van der Waals surface area contributed by atoms with Crippen LogP contribution in [0, 0.1) is 23.7 Å². The summed E-state index contributed by atoms with van der Waals surface area (Å²) in [6.07, 6.45) is 13.2. The molecule has 0 spiro atoms. The van der Waals surface area contributed by atoms with Gasteiger partial charge in [0.05, 0.1) is 6.61 Å². The van der Waals surface area contributed by atoms with Crippen LogP contribution in [0.1, 0.15) is 90.0 Å². The Kier molecular flexibility index (Phi) is 10.4. The third-order valence-electron chi connectivity index (χ3n) is 5.74. The first-order valence-electron chi connectivity index (χ1n) is 11.1. The van der Waals surface area contributed by atoms with Crippen LogP contribution in [0.25, 0.3) is 0 Å². The molecule has 2 heteroatoms. The first-order chi connectivity index (χ1) is 13.2. The molecular weight excluding hydrogens is 332 g/mol. The molecule has 0 aromatic heterocycles. The summed E-state index contributed by atoms with van der Waals surface area (Å²) in [7, 11) is 0. The Morgan fingerprint density at radius 2 is 1.63 bits per heavy atom. The van der Waals surface area contributed by atoms with E-state index in [4.69, 9.17) is 4.74 Å². The van der Waals surface area contributed by atoms with Gasteiger partial charge in [-0.25, -0.2) is 0 Å². The molecule has 1 saturated carbocycles. The Morgan fingerprint density at radius 1 is 0.963 bits per heavy atom. The van der Waals surface area contributed by atoms with E-state index in [2.05, 4.69) is 25.7 Å². The summed E-state index contributed by atoms with van der Waals surface area (Å²) < 4.78 is 5.67. The molecule has 0 saturated heterocycles. The van der Waals surface area contributed by atoms with Crippen LogP contribution in [0.3, 0.4) is 0 Å². The zero-order valence-electron chi connectivity index (χ0n) is 17.4. The van der Waals surface area contributed by atoms with Crippen molar-refractivity contribution < 1.29 is 9.84 Å². The van der Waals surface area contributed by atoms with Crippen LogP contribution in [0.5, 0.6) is 5.75 Å². The second-order valence-electron chi connectivity index (χ2n) is 8.13. The summed E-state index contributed by atoms with van der Waals surface area (Å²) in [5.74, 6) is 8.62. The fraction of sp³-hybridized carbons (Fsp3) is 0.680. The van der Waals surface area contributed by atoms with Crippen LogP contribution in [0.4, 0.5) is 0 Å². The summed E-state index contributed by atoms with van der Waals surface area (Å²) >= 11 is 0. The maximum atomic E-state index is 10.3. The van der Waals surface area contributed by atoms with Crippen LogP contribution in [-0.2, 0) is 0 Å². The zero-order valence-corrected chi connectivity index (χ0v) is 17.4. The van der Waals surface area contributed by atoms with Gasteiger partial charge in [0.15, 0.2) is 0 Å². The van der Waals surface area contributed by atoms with Crippen molar-refractivity contribution in [2.24, 2.45) is 11.8 Å². The minimum absolute atomic E-state index is 0.507. The molecule has 1 aromatic carbocycles. The number of ether oxygens (including phenoxy) is 1. The Morgan fingerprint density at radius 3 is 2.30 bits per heavy atom. The van der Waals surface area contributed by atoms with Gasteiger partial charge in [-0.2, -0.15) is 0 Å². The number of benzene rings is 1. The van der Waals surface area contributed by atoms with Crippen molar-refractivity contribution in [1.29, 1.82) is 0 Å². The molecule has 27 heavy (non-hydrogen) atoms. The predicted molar refractivity (Wildman–Crippen MR) is 114 cm³/mol. The first kappa shape index (κ1) is 21.8. The summed E-state index contributed by atoms with van der Waals surface area (Å²) in [4.78, 5) is 0. The molecule has 1 N–H and O–H groups in total. The molecule has 0 aliphatic heterocycles. The third kappa shape index (κ3) is 8.85. The Hall–Kier alpha value is -1.46. The Labute approximate surface area is 166 Å². The molecule has 0 bridgehead atoms. The molecule has 1 aromatic rings. The highest BCUT2D eigenvalue weighted by Gasteiger charge is 2.22. The van der Waals surface area contributed by atoms with E-state index in [1.54, 1.807) is 0 Å². The molecular formula is C25H38O2. The van der Waals surface area contributed by atoms with Gasteiger partial charge >= 0.3 is 0 Å². The molecule has 0 amide bonds. The monoisotopic (exact) mass is 370 g/mol. The molecule has 0 heterocycles. The van der Waals surface area contributed by atoms with E-state index in [-0.39, 0.29) is 0 Å². The molecule has 1 aliphatic rings. The summed E-state index contributed by atoms with van der Waals surface area (Å²) in [5.41, 5.74) is 0.941. The van der Waals surface area contributed by atoms with Crippen molar-refractivity contribution in [1.82, 2.24) is 0 Å². The van der Waals surface area contributed by atoms with Crippen LogP contribution >= 0.6 is 0 Å². The van der Waals surface area contributed by atoms with Crippen LogP contribution < -0.4 is 4.74 Å². The van der Waals surface area contributed by atoms with Gasteiger partial charge in [0.1, 0.15) is 11.9 Å². The average Bonchev–Trinajstić information content (AvgIpc) is 2.69. The lowest BCUT2D eigenvalue weighted by molar-refractivity contribution is 0.161. The smallest absolute Gasteiger partial charge is 0.119 e. The lowest BCUT2D eigenvalue weighted by Crippen LogP contribution is -2.19. The lowest BCUT2D eigenvalue weighted by Gasteiger charge is -2.29. The van der Waals surface area contributed by atoms with Crippen LogP contribution in [0.2, 0.25) is 0 Å². The standard InChI is InChI=1S/C25H38O2/c1-3-5-7-8-21-9-11-23(12-10-21)20-24(26)16-13-22-14-17-25(18-15-22)27-19-6-4-2/h14-15,17-18,21,23-24,26H,3-12,19-20H2,1-2H3. The fourth-order valence-electron chi connectivity index (χ4n) is 3.95. The van der Waals surface area contributed by atoms with Gasteiger partial charge < -0.3 is 9.84 Å². The Bertz CT molecular complexity index is 558. The predicted octanol–water partition coefficient (Wildman–Crippen LogP) is 6.35. The van der Waals surface area contributed by atoms with Gasteiger partial charge in [-0.3, -0.25) is 0 Å². The molecule has 1 fully saturated rings. The van der Waals surface area contributed by atoms with Gasteiger partial charge in [-0.1, -0.05) is 83.5 Å². The number of hydrogen-bond donors (Lipinski definition) is 1. The topological polar surface area (TPSA) is 29.5 Å². The van der Waals surface area contributed by atoms with Gasteiger partial charge in [0, 0.05) is 5.56 Å². The summed E-state index contributed by atoms with van der Waals surface area (Å²) in [6, 6.07) is 7.88. The van der Waals surface area contributed by atoms with Crippen molar-refractivity contribution in [3.8, 4) is 17.6 Å². The second kappa shape index (κ2) is 12.8. The minimum Gasteiger partial charge on any atom is -0.494 e. The van der Waals surface area contributed by atoms with E-state index in [1.165, 1.54) is 51.4 Å². The maximum Gasteiger partial charge on any atom is 0.119 e. The van der Waals surface area contributed by atoms with Crippen molar-refractivity contribution in [3.05, 3.63) is 29.8 Å². The van der Waals surface area contributed by atoms with Gasteiger partial charge in [0.2, 0.25) is 0 Å². The van der Waals surface area contributed by atoms with E-state index in [1.807, 2.05) is 24.3 Å². The Balaban J connectivity index is 1.69. The van der Waals surface area contributed by atoms with Gasteiger partial charge in [-0.15, -0.1) is 0 Å². The number of rotatable bonds is 10. The SMILES string of the molecule is CCCCCC1CCC(CC(O)C#Cc2ccc(OCCCC)cc2)CC1. The number of aliphatic hydroxyl groups is 1. The maximum absolute atomic E-state index is 10.3. The number of unbranched alkanes of at least 4 members (excludes halogenated alkanes) is 3. The summed E-state index contributed by atoms with van der Waals surface area (Å²) in [6.45, 7) is 5.20. The lowest BCUT2D eigenvalue weighted by atomic mass is 9.78. The average molecular weight is 371 g/mol. The third-order valence-corrected chi connectivity index (χ3v) is 5.74. The molecule has 150 valence electrons. The molecule has 1 aliphatic carbocycles. The highest BCUT2D eigenvalue weighted by Crippen LogP contribution is 2.34. The zero-order chi connectivity index (χ0) is 19.3. The highest BCUT2D eigenvalue weighted by atomic mass is 16.5. The van der Waals surface area contributed by atoms with E-state index in [0.29, 0.717) is 5.92 Å². The van der Waals surface area contributed by atoms with Crippen molar-refractivity contribution in [2.45, 2.75) is 90.6 Å². The van der Waals surface area contributed by atoms with E-state index in [9.17, 15) is 5.11 Å². The van der Waals surface area contributed by atoms with Crippen molar-refractivity contribution >= 4 is 0 Å². The normalized spacial score (nSPS) is 20.6. The molecule has 0 radical (unpaired) electrons. The van der Waals surface area contributed by atoms with E-state index >= 15 is 0 Å². The first-order valence-corrected chi connectivity index (χ1v) is 11.1. The number of aliphatic hydroxyl groups excluding tert-OH is 1. The molecule has 2 rings (SSSR count). The van der Waals surface area contributed by atoms with E-state index in [0.717, 1.165) is 43.1 Å². The molecule has 1 atom stereocenters. The fourth-order valence-corrected chi connectivity index (χ4v) is 3.95. The quantitative estimate of drug-likeness (QED) is 0.384. The molecule has 2 nitrogen and oxygen atoms in total. The van der Waals surface area contributed by atoms with Gasteiger partial charge in [-0.05, 0) is 48.9 Å². The van der Waals surface area contributed by atoms with Crippen molar-refractivity contribution in [2.75, 3.05) is 6.61 Å². The van der Waals surface area contributed by atoms with Crippen LogP contribution in [-0.4, -0.2) is 17.8 Å². The van der Waals surface area contributed by atoms with Gasteiger partial charge in [0.25, 0.3) is 0 Å². The van der Waals surface area contributed by atoms with Crippen molar-refractivity contribution in [3.63, 3.8) is 0 Å². The van der Waals surface area contributed by atoms with Crippen LogP contribution in [0.15, 0.2) is 24.3 Å².